The number of piperidine rings is 1. The number of likely N-dealkylation sites (tertiary alicyclic amines) is 1. The lowest BCUT2D eigenvalue weighted by molar-refractivity contribution is -0.120. The van der Waals surface area contributed by atoms with E-state index in [4.69, 9.17) is 0 Å². The SMILES string of the molecule is Cc1ccc(N2C(=O)C(c3ccccc3)=C(N3CCCC(CO)C3)C2=O)cc1C. The van der Waals surface area contributed by atoms with E-state index in [1.54, 1.807) is 0 Å². The van der Waals surface area contributed by atoms with Gasteiger partial charge < -0.3 is 10.0 Å². The van der Waals surface area contributed by atoms with Crippen LogP contribution in [0.3, 0.4) is 0 Å². The van der Waals surface area contributed by atoms with E-state index in [0.29, 0.717) is 30.0 Å². The van der Waals surface area contributed by atoms with Crippen LogP contribution in [-0.4, -0.2) is 41.5 Å². The minimum Gasteiger partial charge on any atom is -0.396 e. The Morgan fingerprint density at radius 3 is 2.45 bits per heavy atom. The van der Waals surface area contributed by atoms with Crippen LogP contribution in [0.5, 0.6) is 0 Å². The number of hydrogen-bond donors (Lipinski definition) is 1. The number of aliphatic hydroxyl groups is 1. The van der Waals surface area contributed by atoms with Gasteiger partial charge in [-0.2, -0.15) is 0 Å². The lowest BCUT2D eigenvalue weighted by Crippen LogP contribution is -2.40. The monoisotopic (exact) mass is 390 g/mol. The number of rotatable bonds is 4. The maximum Gasteiger partial charge on any atom is 0.282 e. The van der Waals surface area contributed by atoms with Gasteiger partial charge in [0.25, 0.3) is 11.8 Å². The Morgan fingerprint density at radius 2 is 1.76 bits per heavy atom. The molecule has 1 atom stereocenters. The second-order valence-corrected chi connectivity index (χ2v) is 7.94. The third-order valence-electron chi connectivity index (χ3n) is 5.96. The van der Waals surface area contributed by atoms with Crippen LogP contribution in [0.4, 0.5) is 5.69 Å². The van der Waals surface area contributed by atoms with E-state index < -0.39 is 0 Å². The molecule has 4 rings (SSSR count). The molecule has 0 spiro atoms. The quantitative estimate of drug-likeness (QED) is 0.814. The summed E-state index contributed by atoms with van der Waals surface area (Å²) in [5.74, 6) is -0.451. The maximum absolute atomic E-state index is 13.5. The zero-order valence-corrected chi connectivity index (χ0v) is 16.9. The lowest BCUT2D eigenvalue weighted by Gasteiger charge is -2.34. The molecule has 0 aliphatic carbocycles. The summed E-state index contributed by atoms with van der Waals surface area (Å²) in [7, 11) is 0. The summed E-state index contributed by atoms with van der Waals surface area (Å²) in [5.41, 5.74) is 4.41. The number of nitrogens with zero attached hydrogens (tertiary/aromatic N) is 2. The number of imide groups is 1. The number of benzene rings is 2. The number of anilines is 1. The number of hydrogen-bond acceptors (Lipinski definition) is 4. The highest BCUT2D eigenvalue weighted by molar-refractivity contribution is 6.45. The molecule has 29 heavy (non-hydrogen) atoms. The van der Waals surface area contributed by atoms with Crippen LogP contribution in [0.1, 0.15) is 29.5 Å². The summed E-state index contributed by atoms with van der Waals surface area (Å²) in [6, 6.07) is 15.1. The standard InChI is InChI=1S/C24H26N2O3/c1-16-10-11-20(13-17(16)2)26-23(28)21(19-8-4-3-5-9-19)22(24(26)29)25-12-6-7-18(14-25)15-27/h3-5,8-11,13,18,27H,6-7,12,14-15H2,1-2H3. The fourth-order valence-electron chi connectivity index (χ4n) is 4.19. The second kappa shape index (κ2) is 7.84. The normalized spacial score (nSPS) is 20.0. The molecule has 1 unspecified atom stereocenters. The molecule has 5 heteroatoms. The first kappa shape index (κ1) is 19.4. The molecule has 2 aromatic carbocycles. The highest BCUT2D eigenvalue weighted by atomic mass is 16.3. The maximum atomic E-state index is 13.5. The van der Waals surface area contributed by atoms with E-state index in [0.717, 1.165) is 29.5 Å². The number of aryl methyl sites for hydroxylation is 2. The number of carbonyl (C=O) groups is 2. The fraction of sp³-hybridized carbons (Fsp3) is 0.333. The zero-order chi connectivity index (χ0) is 20.5. The van der Waals surface area contributed by atoms with Crippen LogP contribution >= 0.6 is 0 Å². The fourth-order valence-corrected chi connectivity index (χ4v) is 4.19. The molecule has 0 radical (unpaired) electrons. The van der Waals surface area contributed by atoms with Gasteiger partial charge in [0.05, 0.1) is 11.3 Å². The van der Waals surface area contributed by atoms with Crippen LogP contribution in [0, 0.1) is 19.8 Å². The lowest BCUT2D eigenvalue weighted by atomic mass is 9.97. The summed E-state index contributed by atoms with van der Waals surface area (Å²) in [5, 5.41) is 9.63. The van der Waals surface area contributed by atoms with Crippen LogP contribution in [0.2, 0.25) is 0 Å². The molecule has 1 N–H and O–H groups in total. The molecule has 2 aliphatic heterocycles. The van der Waals surface area contributed by atoms with Crippen LogP contribution in [-0.2, 0) is 9.59 Å². The highest BCUT2D eigenvalue weighted by Gasteiger charge is 2.43. The van der Waals surface area contributed by atoms with E-state index in [1.807, 2.05) is 67.3 Å². The van der Waals surface area contributed by atoms with E-state index in [1.165, 1.54) is 4.90 Å². The van der Waals surface area contributed by atoms with E-state index in [9.17, 15) is 14.7 Å². The van der Waals surface area contributed by atoms with Crippen molar-refractivity contribution in [1.82, 2.24) is 4.90 Å². The molecule has 150 valence electrons. The summed E-state index contributed by atoms with van der Waals surface area (Å²) in [4.78, 5) is 30.3. The van der Waals surface area contributed by atoms with Gasteiger partial charge in [0.2, 0.25) is 0 Å². The molecule has 2 amide bonds. The number of carbonyl (C=O) groups excluding carboxylic acids is 2. The summed E-state index contributed by atoms with van der Waals surface area (Å²) in [6.07, 6.45) is 1.83. The van der Waals surface area contributed by atoms with Crippen molar-refractivity contribution >= 4 is 23.1 Å². The Morgan fingerprint density at radius 1 is 1.00 bits per heavy atom. The Hall–Kier alpha value is -2.92. The van der Waals surface area contributed by atoms with Crippen molar-refractivity contribution in [2.75, 3.05) is 24.6 Å². The first-order chi connectivity index (χ1) is 14.0. The summed E-state index contributed by atoms with van der Waals surface area (Å²) >= 11 is 0. The van der Waals surface area contributed by atoms with Gasteiger partial charge in [-0.3, -0.25) is 9.59 Å². The van der Waals surface area contributed by atoms with Crippen molar-refractivity contribution in [2.45, 2.75) is 26.7 Å². The van der Waals surface area contributed by atoms with Crippen LogP contribution in [0.15, 0.2) is 54.2 Å². The average molecular weight is 390 g/mol. The van der Waals surface area contributed by atoms with Gasteiger partial charge in [-0.15, -0.1) is 0 Å². The average Bonchev–Trinajstić information content (AvgIpc) is 3.01. The Balaban J connectivity index is 1.81. The molecule has 1 fully saturated rings. The number of aliphatic hydroxyl groups excluding tert-OH is 1. The third-order valence-corrected chi connectivity index (χ3v) is 5.96. The Kier molecular flexibility index (Phi) is 5.24. The van der Waals surface area contributed by atoms with Crippen LogP contribution in [0.25, 0.3) is 5.57 Å². The van der Waals surface area contributed by atoms with Gasteiger partial charge >= 0.3 is 0 Å². The van der Waals surface area contributed by atoms with E-state index in [-0.39, 0.29) is 24.3 Å². The van der Waals surface area contributed by atoms with Gasteiger partial charge in [0, 0.05) is 19.7 Å². The molecule has 0 saturated carbocycles. The van der Waals surface area contributed by atoms with Crippen LogP contribution < -0.4 is 4.90 Å². The zero-order valence-electron chi connectivity index (χ0n) is 16.9. The topological polar surface area (TPSA) is 60.9 Å². The summed E-state index contributed by atoms with van der Waals surface area (Å²) < 4.78 is 0. The number of amides is 2. The molecule has 0 aromatic heterocycles. The van der Waals surface area contributed by atoms with E-state index in [2.05, 4.69) is 0 Å². The highest BCUT2D eigenvalue weighted by Crippen LogP contribution is 2.36. The minimum atomic E-state index is -0.287. The van der Waals surface area contributed by atoms with Gasteiger partial charge in [-0.25, -0.2) is 4.90 Å². The Bertz CT molecular complexity index is 981. The van der Waals surface area contributed by atoms with Crippen molar-refractivity contribution in [1.29, 1.82) is 0 Å². The smallest absolute Gasteiger partial charge is 0.282 e. The van der Waals surface area contributed by atoms with Crippen molar-refractivity contribution in [3.8, 4) is 0 Å². The van der Waals surface area contributed by atoms with Gasteiger partial charge in [0.1, 0.15) is 5.70 Å². The largest absolute Gasteiger partial charge is 0.396 e. The molecule has 2 aliphatic rings. The predicted molar refractivity (Wildman–Crippen MR) is 113 cm³/mol. The molecular formula is C24H26N2O3. The van der Waals surface area contributed by atoms with Gasteiger partial charge in [-0.1, -0.05) is 36.4 Å². The Labute approximate surface area is 171 Å². The molecule has 0 bridgehead atoms. The molecule has 2 heterocycles. The minimum absolute atomic E-state index is 0.0907. The molecular weight excluding hydrogens is 364 g/mol. The second-order valence-electron chi connectivity index (χ2n) is 7.94. The van der Waals surface area contributed by atoms with Crippen molar-refractivity contribution in [3.05, 3.63) is 70.9 Å². The molecule has 1 saturated heterocycles. The molecule has 5 nitrogen and oxygen atoms in total. The predicted octanol–water partition coefficient (Wildman–Crippen LogP) is 3.29. The summed E-state index contributed by atoms with van der Waals surface area (Å²) in [6.45, 7) is 5.37. The van der Waals surface area contributed by atoms with Crippen molar-refractivity contribution in [3.63, 3.8) is 0 Å². The van der Waals surface area contributed by atoms with Crippen molar-refractivity contribution in [2.24, 2.45) is 5.92 Å². The third kappa shape index (κ3) is 3.47. The first-order valence-electron chi connectivity index (χ1n) is 10.1. The molecule has 2 aromatic rings. The first-order valence-corrected chi connectivity index (χ1v) is 10.1. The van der Waals surface area contributed by atoms with Crippen molar-refractivity contribution < 1.29 is 14.7 Å². The van der Waals surface area contributed by atoms with Gasteiger partial charge in [0.15, 0.2) is 0 Å². The van der Waals surface area contributed by atoms with Gasteiger partial charge in [-0.05, 0) is 61.4 Å². The van der Waals surface area contributed by atoms with E-state index >= 15 is 0 Å².